The number of pyridine rings is 1. The Morgan fingerprint density at radius 3 is 2.07 bits per heavy atom. The third-order valence-corrected chi connectivity index (χ3v) is 3.60. The number of nitrogens with zero attached hydrogens (tertiary/aromatic N) is 1. The molecule has 4 nitrogen and oxygen atoms in total. The van der Waals surface area contributed by atoms with E-state index in [4.69, 9.17) is 10.8 Å². The predicted octanol–water partition coefficient (Wildman–Crippen LogP) is 5.04. The number of hydrogen-bond donors (Lipinski definition) is 2. The number of alkyl halides is 3. The highest BCUT2D eigenvalue weighted by Crippen LogP contribution is 2.35. The second-order valence-electron chi connectivity index (χ2n) is 5.69. The summed E-state index contributed by atoms with van der Waals surface area (Å²) in [6, 6.07) is 15.0. The number of aromatic nitrogens is 1. The summed E-state index contributed by atoms with van der Waals surface area (Å²) in [6.07, 6.45) is -3.25. The highest BCUT2D eigenvalue weighted by molar-refractivity contribution is 5.88. The van der Waals surface area contributed by atoms with Crippen molar-refractivity contribution in [1.29, 1.82) is 0 Å². The zero-order valence-electron chi connectivity index (χ0n) is 14.4. The quantitative estimate of drug-likeness (QED) is 0.616. The molecule has 3 rings (SSSR count). The lowest BCUT2D eigenvalue weighted by atomic mass is 10.0. The van der Waals surface area contributed by atoms with Gasteiger partial charge in [0, 0.05) is 17.4 Å². The molecule has 0 radical (unpaired) electrons. The van der Waals surface area contributed by atoms with Crippen molar-refractivity contribution in [3.8, 4) is 11.3 Å². The van der Waals surface area contributed by atoms with E-state index in [1.807, 2.05) is 31.2 Å². The molecule has 0 spiro atoms. The largest absolute Gasteiger partial charge is 0.478 e. The first-order chi connectivity index (χ1) is 12.7. The van der Waals surface area contributed by atoms with Gasteiger partial charge in [-0.2, -0.15) is 13.2 Å². The Morgan fingerprint density at radius 1 is 1.00 bits per heavy atom. The number of rotatable bonds is 2. The number of carboxylic acid groups (broad SMARTS) is 1. The van der Waals surface area contributed by atoms with Gasteiger partial charge >= 0.3 is 12.1 Å². The van der Waals surface area contributed by atoms with E-state index >= 15 is 0 Å². The Bertz CT molecular complexity index is 885. The maximum absolute atomic E-state index is 12.8. The second-order valence-corrected chi connectivity index (χ2v) is 5.69. The molecule has 0 aliphatic heterocycles. The smallest absolute Gasteiger partial charge is 0.418 e. The van der Waals surface area contributed by atoms with Crippen molar-refractivity contribution in [2.45, 2.75) is 13.1 Å². The van der Waals surface area contributed by atoms with Gasteiger partial charge in [0.05, 0.1) is 16.8 Å². The van der Waals surface area contributed by atoms with Crippen molar-refractivity contribution in [2.24, 2.45) is 0 Å². The topological polar surface area (TPSA) is 76.2 Å². The number of aromatic carboxylic acids is 1. The lowest BCUT2D eigenvalue weighted by molar-refractivity contribution is -0.137. The standard InChI is InChI=1S/C13H8F3NO2.C7H9N/c14-13(15,16)10-2-1-7-17-11(10)8-3-5-9(6-4-8)12(18)19;1-6-2-4-7(8)5-3-6/h1-7H,(H,18,19);2-5H,8H2,1H3. The van der Waals surface area contributed by atoms with E-state index in [0.717, 1.165) is 11.8 Å². The zero-order valence-corrected chi connectivity index (χ0v) is 14.4. The minimum atomic E-state index is -4.50. The third-order valence-electron chi connectivity index (χ3n) is 3.60. The van der Waals surface area contributed by atoms with Crippen LogP contribution in [-0.2, 0) is 6.18 Å². The van der Waals surface area contributed by atoms with Crippen molar-refractivity contribution in [1.82, 2.24) is 4.98 Å². The van der Waals surface area contributed by atoms with Gasteiger partial charge in [-0.1, -0.05) is 29.8 Å². The first-order valence-electron chi connectivity index (χ1n) is 7.86. The lowest BCUT2D eigenvalue weighted by Crippen LogP contribution is -2.08. The number of aryl methyl sites for hydroxylation is 1. The number of nitrogens with two attached hydrogens (primary N) is 1. The van der Waals surface area contributed by atoms with Crippen LogP contribution in [0, 0.1) is 6.92 Å². The Balaban J connectivity index is 0.000000273. The number of carboxylic acids is 1. The van der Waals surface area contributed by atoms with Crippen molar-refractivity contribution in [2.75, 3.05) is 5.73 Å². The molecule has 27 heavy (non-hydrogen) atoms. The van der Waals surface area contributed by atoms with Gasteiger partial charge in [0.1, 0.15) is 0 Å². The van der Waals surface area contributed by atoms with Crippen LogP contribution in [0.4, 0.5) is 18.9 Å². The van der Waals surface area contributed by atoms with E-state index in [9.17, 15) is 18.0 Å². The molecule has 3 aromatic rings. The van der Waals surface area contributed by atoms with Gasteiger partial charge in [0.15, 0.2) is 0 Å². The van der Waals surface area contributed by atoms with Crippen LogP contribution in [0.25, 0.3) is 11.3 Å². The lowest BCUT2D eigenvalue weighted by Gasteiger charge is -2.11. The molecule has 1 aromatic heterocycles. The monoisotopic (exact) mass is 374 g/mol. The fourth-order valence-corrected chi connectivity index (χ4v) is 2.20. The summed E-state index contributed by atoms with van der Waals surface area (Å²) >= 11 is 0. The van der Waals surface area contributed by atoms with Crippen molar-refractivity contribution < 1.29 is 23.1 Å². The fourth-order valence-electron chi connectivity index (χ4n) is 2.20. The number of carbonyl (C=O) groups is 1. The van der Waals surface area contributed by atoms with E-state index < -0.39 is 17.7 Å². The number of hydrogen-bond acceptors (Lipinski definition) is 3. The summed E-state index contributed by atoms with van der Waals surface area (Å²) in [5.41, 5.74) is 6.67. The van der Waals surface area contributed by atoms with Crippen LogP contribution < -0.4 is 5.73 Å². The zero-order chi connectivity index (χ0) is 20.0. The molecular formula is C20H17F3N2O2. The van der Waals surface area contributed by atoms with Crippen LogP contribution in [0.5, 0.6) is 0 Å². The van der Waals surface area contributed by atoms with Crippen molar-refractivity contribution >= 4 is 11.7 Å². The van der Waals surface area contributed by atoms with Gasteiger partial charge in [-0.05, 0) is 43.3 Å². The van der Waals surface area contributed by atoms with Crippen LogP contribution in [-0.4, -0.2) is 16.1 Å². The van der Waals surface area contributed by atoms with Gasteiger partial charge in [0.2, 0.25) is 0 Å². The average Bonchev–Trinajstić information content (AvgIpc) is 2.64. The normalized spacial score (nSPS) is 10.7. The SMILES string of the molecule is Cc1ccc(N)cc1.O=C(O)c1ccc(-c2ncccc2C(F)(F)F)cc1. The number of benzene rings is 2. The Morgan fingerprint density at radius 2 is 1.59 bits per heavy atom. The summed E-state index contributed by atoms with van der Waals surface area (Å²) in [7, 11) is 0. The molecule has 3 N–H and O–H groups in total. The molecule has 0 bridgehead atoms. The van der Waals surface area contributed by atoms with Crippen molar-refractivity contribution in [3.05, 3.63) is 83.6 Å². The Kier molecular flexibility index (Phi) is 6.18. The van der Waals surface area contributed by atoms with Crippen LogP contribution in [0.15, 0.2) is 66.9 Å². The molecule has 2 aromatic carbocycles. The average molecular weight is 374 g/mol. The van der Waals surface area contributed by atoms with E-state index in [1.54, 1.807) is 0 Å². The molecular weight excluding hydrogens is 357 g/mol. The maximum Gasteiger partial charge on any atom is 0.418 e. The molecule has 140 valence electrons. The summed E-state index contributed by atoms with van der Waals surface area (Å²) in [4.78, 5) is 14.4. The molecule has 0 fully saturated rings. The summed E-state index contributed by atoms with van der Waals surface area (Å²) in [6.45, 7) is 2.04. The minimum Gasteiger partial charge on any atom is -0.478 e. The highest BCUT2D eigenvalue weighted by atomic mass is 19.4. The molecule has 0 unspecified atom stereocenters. The number of halogens is 3. The van der Waals surface area contributed by atoms with Gasteiger partial charge in [-0.15, -0.1) is 0 Å². The van der Waals surface area contributed by atoms with E-state index in [0.29, 0.717) is 0 Å². The van der Waals surface area contributed by atoms with Gasteiger partial charge in [-0.3, -0.25) is 4.98 Å². The van der Waals surface area contributed by atoms with Gasteiger partial charge < -0.3 is 10.8 Å². The maximum atomic E-state index is 12.8. The minimum absolute atomic E-state index is 0.00763. The van der Waals surface area contributed by atoms with E-state index in [-0.39, 0.29) is 16.8 Å². The molecule has 0 saturated heterocycles. The van der Waals surface area contributed by atoms with Crippen LogP contribution in [0.1, 0.15) is 21.5 Å². The van der Waals surface area contributed by atoms with Crippen LogP contribution >= 0.6 is 0 Å². The van der Waals surface area contributed by atoms with E-state index in [1.165, 1.54) is 42.1 Å². The highest BCUT2D eigenvalue weighted by Gasteiger charge is 2.34. The summed E-state index contributed by atoms with van der Waals surface area (Å²) in [5.74, 6) is -1.14. The molecule has 1 heterocycles. The first-order valence-corrected chi connectivity index (χ1v) is 7.86. The van der Waals surface area contributed by atoms with Gasteiger partial charge in [-0.25, -0.2) is 4.79 Å². The molecule has 7 heteroatoms. The molecule has 0 atom stereocenters. The number of nitrogen functional groups attached to an aromatic ring is 1. The Labute approximate surface area is 154 Å². The predicted molar refractivity (Wildman–Crippen MR) is 97.2 cm³/mol. The summed E-state index contributed by atoms with van der Waals surface area (Å²) in [5, 5.41) is 8.73. The van der Waals surface area contributed by atoms with E-state index in [2.05, 4.69) is 4.98 Å². The van der Waals surface area contributed by atoms with Gasteiger partial charge in [0.25, 0.3) is 0 Å². The van der Waals surface area contributed by atoms with Crippen molar-refractivity contribution in [3.63, 3.8) is 0 Å². The summed E-state index contributed by atoms with van der Waals surface area (Å²) < 4.78 is 38.4. The van der Waals surface area contributed by atoms with Crippen LogP contribution in [0.2, 0.25) is 0 Å². The first kappa shape index (κ1) is 20.0. The van der Waals surface area contributed by atoms with Crippen LogP contribution in [0.3, 0.4) is 0 Å². The third kappa shape index (κ3) is 5.57. The molecule has 0 saturated carbocycles. The molecule has 0 amide bonds. The Hall–Kier alpha value is -3.35. The fraction of sp³-hybridized carbons (Fsp3) is 0.100. The molecule has 0 aliphatic rings. The second kappa shape index (κ2) is 8.35. The molecule has 0 aliphatic carbocycles. The number of anilines is 1.